The Morgan fingerprint density at radius 1 is 1.40 bits per heavy atom. The molecule has 0 spiro atoms. The molecule has 4 nitrogen and oxygen atoms in total. The second kappa shape index (κ2) is 4.98. The minimum atomic E-state index is 0.120. The summed E-state index contributed by atoms with van der Waals surface area (Å²) in [4.78, 5) is 19.7. The van der Waals surface area contributed by atoms with Crippen molar-refractivity contribution in [3.05, 3.63) is 24.3 Å². The van der Waals surface area contributed by atoms with E-state index in [2.05, 4.69) is 15.3 Å². The predicted molar refractivity (Wildman–Crippen MR) is 56.6 cm³/mol. The molecule has 2 heterocycles. The lowest BCUT2D eigenvalue weighted by Crippen LogP contribution is -2.29. The number of aromatic nitrogens is 2. The monoisotopic (exact) mass is 205 g/mol. The normalized spacial score (nSPS) is 17.6. The van der Waals surface area contributed by atoms with Crippen LogP contribution >= 0.6 is 0 Å². The molecular weight excluding hydrogens is 190 g/mol. The third-order valence-electron chi connectivity index (χ3n) is 2.78. The highest BCUT2D eigenvalue weighted by Crippen LogP contribution is 2.17. The summed E-state index contributed by atoms with van der Waals surface area (Å²) >= 11 is 0. The van der Waals surface area contributed by atoms with Gasteiger partial charge in [-0.3, -0.25) is 9.78 Å². The van der Waals surface area contributed by atoms with Gasteiger partial charge in [-0.25, -0.2) is 4.98 Å². The number of carbonyl (C=O) groups excluding carboxylic acids is 1. The van der Waals surface area contributed by atoms with Crippen molar-refractivity contribution in [3.63, 3.8) is 0 Å². The van der Waals surface area contributed by atoms with Crippen LogP contribution in [0, 0.1) is 5.92 Å². The van der Waals surface area contributed by atoms with E-state index >= 15 is 0 Å². The topological polar surface area (TPSA) is 54.9 Å². The second-order valence-electron chi connectivity index (χ2n) is 3.91. The van der Waals surface area contributed by atoms with E-state index in [9.17, 15) is 4.79 Å². The van der Waals surface area contributed by atoms with Crippen LogP contribution in [-0.4, -0.2) is 28.8 Å². The zero-order valence-electron chi connectivity index (χ0n) is 8.65. The number of hydrogen-bond donors (Lipinski definition) is 1. The highest BCUT2D eigenvalue weighted by Gasteiger charge is 2.18. The van der Waals surface area contributed by atoms with Gasteiger partial charge in [0.15, 0.2) is 5.78 Å². The largest absolute Gasteiger partial charge is 0.317 e. The summed E-state index contributed by atoms with van der Waals surface area (Å²) < 4.78 is 0. The number of carbonyl (C=O) groups is 1. The SMILES string of the molecule is O=C(CC1CCNCC1)c1cnccn1. The molecule has 1 fully saturated rings. The zero-order chi connectivity index (χ0) is 10.5. The molecule has 0 unspecified atom stereocenters. The molecule has 0 aliphatic carbocycles. The molecule has 1 aliphatic heterocycles. The van der Waals surface area contributed by atoms with Gasteiger partial charge in [-0.05, 0) is 31.8 Å². The van der Waals surface area contributed by atoms with Crippen LogP contribution in [0.1, 0.15) is 29.8 Å². The fourth-order valence-corrected chi connectivity index (χ4v) is 1.90. The Kier molecular flexibility index (Phi) is 3.40. The molecule has 1 aromatic rings. The first-order valence-corrected chi connectivity index (χ1v) is 5.36. The highest BCUT2D eigenvalue weighted by atomic mass is 16.1. The van der Waals surface area contributed by atoms with Gasteiger partial charge >= 0.3 is 0 Å². The quantitative estimate of drug-likeness (QED) is 0.749. The van der Waals surface area contributed by atoms with Crippen LogP contribution in [0.5, 0.6) is 0 Å². The molecule has 1 N–H and O–H groups in total. The maximum absolute atomic E-state index is 11.8. The maximum Gasteiger partial charge on any atom is 0.183 e. The van der Waals surface area contributed by atoms with E-state index in [-0.39, 0.29) is 5.78 Å². The van der Waals surface area contributed by atoms with Crippen molar-refractivity contribution in [2.24, 2.45) is 5.92 Å². The standard InChI is InChI=1S/C11H15N3O/c15-11(10-8-13-5-6-14-10)7-9-1-3-12-4-2-9/h5-6,8-9,12H,1-4,7H2. The molecule has 0 saturated carbocycles. The smallest absolute Gasteiger partial charge is 0.183 e. The van der Waals surface area contributed by atoms with Crippen LogP contribution in [0.4, 0.5) is 0 Å². The molecule has 15 heavy (non-hydrogen) atoms. The Morgan fingerprint density at radius 3 is 2.87 bits per heavy atom. The number of nitrogens with zero attached hydrogens (tertiary/aromatic N) is 2. The average Bonchev–Trinajstić information content (AvgIpc) is 2.31. The van der Waals surface area contributed by atoms with Crippen LogP contribution in [-0.2, 0) is 0 Å². The summed E-state index contributed by atoms with van der Waals surface area (Å²) in [5.74, 6) is 0.635. The molecule has 0 aromatic carbocycles. The second-order valence-corrected chi connectivity index (χ2v) is 3.91. The van der Waals surface area contributed by atoms with Gasteiger partial charge in [0.1, 0.15) is 5.69 Å². The minimum absolute atomic E-state index is 0.120. The molecule has 80 valence electrons. The van der Waals surface area contributed by atoms with Crippen LogP contribution in [0.2, 0.25) is 0 Å². The van der Waals surface area contributed by atoms with Gasteiger partial charge in [0, 0.05) is 18.8 Å². The molecule has 0 amide bonds. The van der Waals surface area contributed by atoms with E-state index < -0.39 is 0 Å². The average molecular weight is 205 g/mol. The number of ketones is 1. The van der Waals surface area contributed by atoms with Gasteiger partial charge in [-0.2, -0.15) is 0 Å². The number of piperidine rings is 1. The molecule has 0 bridgehead atoms. The fraction of sp³-hybridized carbons (Fsp3) is 0.545. The Labute approximate surface area is 89.1 Å². The van der Waals surface area contributed by atoms with E-state index in [0.717, 1.165) is 25.9 Å². The first-order chi connectivity index (χ1) is 7.36. The number of rotatable bonds is 3. The van der Waals surface area contributed by atoms with Crippen molar-refractivity contribution >= 4 is 5.78 Å². The van der Waals surface area contributed by atoms with E-state index in [1.54, 1.807) is 18.6 Å². The molecule has 4 heteroatoms. The summed E-state index contributed by atoms with van der Waals surface area (Å²) in [6.45, 7) is 2.05. The lowest BCUT2D eigenvalue weighted by Gasteiger charge is -2.21. The van der Waals surface area contributed by atoms with Gasteiger partial charge in [0.05, 0.1) is 6.20 Å². The highest BCUT2D eigenvalue weighted by molar-refractivity contribution is 5.93. The van der Waals surface area contributed by atoms with Crippen LogP contribution in [0.25, 0.3) is 0 Å². The fourth-order valence-electron chi connectivity index (χ4n) is 1.90. The summed E-state index contributed by atoms with van der Waals surface area (Å²) in [7, 11) is 0. The lowest BCUT2D eigenvalue weighted by molar-refractivity contribution is 0.0947. The van der Waals surface area contributed by atoms with E-state index in [0.29, 0.717) is 18.0 Å². The van der Waals surface area contributed by atoms with Crippen molar-refractivity contribution in [2.45, 2.75) is 19.3 Å². The van der Waals surface area contributed by atoms with Gasteiger partial charge < -0.3 is 5.32 Å². The summed E-state index contributed by atoms with van der Waals surface area (Å²) in [5.41, 5.74) is 0.496. The van der Waals surface area contributed by atoms with Crippen LogP contribution < -0.4 is 5.32 Å². The molecule has 2 rings (SSSR count). The van der Waals surface area contributed by atoms with E-state index in [1.807, 2.05) is 0 Å². The van der Waals surface area contributed by atoms with Gasteiger partial charge in [0.25, 0.3) is 0 Å². The molecular formula is C11H15N3O. The van der Waals surface area contributed by atoms with Crippen molar-refractivity contribution in [2.75, 3.05) is 13.1 Å². The number of hydrogen-bond acceptors (Lipinski definition) is 4. The summed E-state index contributed by atoms with van der Waals surface area (Å²) in [6, 6.07) is 0. The molecule has 1 saturated heterocycles. The van der Waals surface area contributed by atoms with Crippen molar-refractivity contribution in [1.29, 1.82) is 0 Å². The van der Waals surface area contributed by atoms with E-state index in [4.69, 9.17) is 0 Å². The van der Waals surface area contributed by atoms with Gasteiger partial charge in [-0.1, -0.05) is 0 Å². The predicted octanol–water partition coefficient (Wildman–Crippen LogP) is 1.05. The van der Waals surface area contributed by atoms with Gasteiger partial charge in [0.2, 0.25) is 0 Å². The lowest BCUT2D eigenvalue weighted by atomic mass is 9.92. The molecule has 1 aromatic heterocycles. The van der Waals surface area contributed by atoms with Crippen molar-refractivity contribution < 1.29 is 4.79 Å². The Morgan fingerprint density at radius 2 is 2.20 bits per heavy atom. The third kappa shape index (κ3) is 2.83. The van der Waals surface area contributed by atoms with Crippen LogP contribution in [0.15, 0.2) is 18.6 Å². The summed E-state index contributed by atoms with van der Waals surface area (Å²) in [5, 5.41) is 3.29. The molecule has 1 aliphatic rings. The van der Waals surface area contributed by atoms with Crippen LogP contribution in [0.3, 0.4) is 0 Å². The van der Waals surface area contributed by atoms with Gasteiger partial charge in [-0.15, -0.1) is 0 Å². The Hall–Kier alpha value is -1.29. The number of nitrogens with one attached hydrogen (secondary N) is 1. The van der Waals surface area contributed by atoms with E-state index in [1.165, 1.54) is 0 Å². The Bertz CT molecular complexity index is 320. The Balaban J connectivity index is 1.91. The van der Waals surface area contributed by atoms with Crippen molar-refractivity contribution in [1.82, 2.24) is 15.3 Å². The first kappa shape index (κ1) is 10.2. The maximum atomic E-state index is 11.8. The minimum Gasteiger partial charge on any atom is -0.317 e. The first-order valence-electron chi connectivity index (χ1n) is 5.36. The zero-order valence-corrected chi connectivity index (χ0v) is 8.65. The third-order valence-corrected chi connectivity index (χ3v) is 2.78. The molecule has 0 radical (unpaired) electrons. The van der Waals surface area contributed by atoms with Crippen molar-refractivity contribution in [3.8, 4) is 0 Å². The summed E-state index contributed by atoms with van der Waals surface area (Å²) in [6.07, 6.45) is 7.48. The number of Topliss-reactive ketones (excluding diaryl/α,β-unsaturated/α-hetero) is 1. The molecule has 0 atom stereocenters.